The van der Waals surface area contributed by atoms with Crippen molar-refractivity contribution in [3.05, 3.63) is 71.5 Å². The lowest BCUT2D eigenvalue weighted by Gasteiger charge is -2.14. The van der Waals surface area contributed by atoms with Crippen LogP contribution in [0.5, 0.6) is 5.75 Å². The standard InChI is InChI=1S/C23H24ClN3O/c1-26(2)13-6-14-27-21-15-18(24)11-12-20(21)25-23(27)16-28-22-10-5-8-17-7-3-4-9-19(17)22/h3-5,7-12,15H,6,13-14,16H2,1-2H3. The van der Waals surface area contributed by atoms with Crippen LogP contribution in [0.2, 0.25) is 5.02 Å². The number of aryl methyl sites for hydroxylation is 1. The molecule has 4 rings (SSSR count). The Morgan fingerprint density at radius 3 is 2.71 bits per heavy atom. The summed E-state index contributed by atoms with van der Waals surface area (Å²) < 4.78 is 8.44. The smallest absolute Gasteiger partial charge is 0.147 e. The predicted molar refractivity (Wildman–Crippen MR) is 116 cm³/mol. The van der Waals surface area contributed by atoms with Gasteiger partial charge in [-0.25, -0.2) is 4.98 Å². The zero-order chi connectivity index (χ0) is 19.5. The van der Waals surface area contributed by atoms with Crippen LogP contribution >= 0.6 is 11.6 Å². The third kappa shape index (κ3) is 3.98. The average Bonchev–Trinajstić information content (AvgIpc) is 3.03. The molecule has 0 aliphatic carbocycles. The van der Waals surface area contributed by atoms with E-state index in [0.29, 0.717) is 6.61 Å². The topological polar surface area (TPSA) is 30.3 Å². The highest BCUT2D eigenvalue weighted by Crippen LogP contribution is 2.27. The van der Waals surface area contributed by atoms with E-state index in [2.05, 4.69) is 41.8 Å². The van der Waals surface area contributed by atoms with Gasteiger partial charge in [-0.05, 0) is 56.7 Å². The van der Waals surface area contributed by atoms with Crippen molar-refractivity contribution in [1.29, 1.82) is 0 Å². The number of fused-ring (bicyclic) bond motifs is 2. The minimum atomic E-state index is 0.419. The molecule has 0 aliphatic heterocycles. The first-order valence-electron chi connectivity index (χ1n) is 9.52. The largest absolute Gasteiger partial charge is 0.485 e. The van der Waals surface area contributed by atoms with Gasteiger partial charge in [0.05, 0.1) is 11.0 Å². The number of rotatable bonds is 7. The van der Waals surface area contributed by atoms with Crippen molar-refractivity contribution in [2.24, 2.45) is 0 Å². The normalized spacial score (nSPS) is 11.6. The first-order chi connectivity index (χ1) is 13.6. The second kappa shape index (κ2) is 8.21. The fourth-order valence-electron chi connectivity index (χ4n) is 3.51. The molecular weight excluding hydrogens is 370 g/mol. The van der Waals surface area contributed by atoms with Gasteiger partial charge >= 0.3 is 0 Å². The van der Waals surface area contributed by atoms with Crippen LogP contribution in [-0.2, 0) is 13.2 Å². The number of nitrogens with zero attached hydrogens (tertiary/aromatic N) is 3. The second-order valence-corrected chi connectivity index (χ2v) is 7.67. The van der Waals surface area contributed by atoms with Crippen molar-refractivity contribution in [2.45, 2.75) is 19.6 Å². The number of ether oxygens (including phenoxy) is 1. The van der Waals surface area contributed by atoms with E-state index < -0.39 is 0 Å². The lowest BCUT2D eigenvalue weighted by Crippen LogP contribution is -2.16. The maximum absolute atomic E-state index is 6.24. The van der Waals surface area contributed by atoms with Gasteiger partial charge in [0.25, 0.3) is 0 Å². The van der Waals surface area contributed by atoms with E-state index in [0.717, 1.165) is 52.5 Å². The zero-order valence-electron chi connectivity index (χ0n) is 16.2. The van der Waals surface area contributed by atoms with Crippen molar-refractivity contribution >= 4 is 33.4 Å². The molecule has 5 heteroatoms. The second-order valence-electron chi connectivity index (χ2n) is 7.24. The number of benzene rings is 3. The summed E-state index contributed by atoms with van der Waals surface area (Å²) in [5.41, 5.74) is 2.01. The van der Waals surface area contributed by atoms with Crippen LogP contribution in [0, 0.1) is 0 Å². The maximum atomic E-state index is 6.24. The van der Waals surface area contributed by atoms with E-state index in [1.165, 1.54) is 5.39 Å². The molecule has 3 aromatic carbocycles. The molecule has 0 fully saturated rings. The molecule has 0 saturated heterocycles. The molecule has 0 aliphatic rings. The van der Waals surface area contributed by atoms with Gasteiger partial charge in [0.1, 0.15) is 18.2 Å². The molecule has 4 aromatic rings. The Bertz CT molecular complexity index is 1100. The Morgan fingerprint density at radius 2 is 1.86 bits per heavy atom. The number of hydrogen-bond donors (Lipinski definition) is 0. The van der Waals surface area contributed by atoms with E-state index >= 15 is 0 Å². The minimum Gasteiger partial charge on any atom is -0.485 e. The number of aromatic nitrogens is 2. The first kappa shape index (κ1) is 18.8. The molecule has 0 atom stereocenters. The van der Waals surface area contributed by atoms with Crippen LogP contribution in [0.25, 0.3) is 21.8 Å². The maximum Gasteiger partial charge on any atom is 0.147 e. The SMILES string of the molecule is CN(C)CCCn1c(COc2cccc3ccccc23)nc2ccc(Cl)cc21. The summed E-state index contributed by atoms with van der Waals surface area (Å²) in [6, 6.07) is 20.2. The van der Waals surface area contributed by atoms with E-state index in [1.807, 2.05) is 42.5 Å². The summed E-state index contributed by atoms with van der Waals surface area (Å²) in [6.45, 7) is 2.31. The van der Waals surface area contributed by atoms with Crippen molar-refractivity contribution in [2.75, 3.05) is 20.6 Å². The van der Waals surface area contributed by atoms with Gasteiger partial charge in [-0.2, -0.15) is 0 Å². The molecule has 28 heavy (non-hydrogen) atoms. The minimum absolute atomic E-state index is 0.419. The molecule has 0 amide bonds. The predicted octanol–water partition coefficient (Wildman–Crippen LogP) is 5.37. The Labute approximate surface area is 170 Å². The van der Waals surface area contributed by atoms with Gasteiger partial charge < -0.3 is 14.2 Å². The van der Waals surface area contributed by atoms with Gasteiger partial charge in [-0.1, -0.05) is 48.0 Å². The summed E-state index contributed by atoms with van der Waals surface area (Å²) in [7, 11) is 4.18. The summed E-state index contributed by atoms with van der Waals surface area (Å²) >= 11 is 6.24. The molecule has 144 valence electrons. The monoisotopic (exact) mass is 393 g/mol. The zero-order valence-corrected chi connectivity index (χ0v) is 17.0. The van der Waals surface area contributed by atoms with Gasteiger partial charge in [0, 0.05) is 17.0 Å². The van der Waals surface area contributed by atoms with Crippen molar-refractivity contribution in [1.82, 2.24) is 14.5 Å². The van der Waals surface area contributed by atoms with Gasteiger partial charge in [0.2, 0.25) is 0 Å². The van der Waals surface area contributed by atoms with Crippen LogP contribution in [-0.4, -0.2) is 35.1 Å². The van der Waals surface area contributed by atoms with Crippen molar-refractivity contribution in [3.63, 3.8) is 0 Å². The third-order valence-corrected chi connectivity index (χ3v) is 5.12. The van der Waals surface area contributed by atoms with Crippen LogP contribution < -0.4 is 4.74 Å². The molecule has 1 heterocycles. The molecule has 1 aromatic heterocycles. The number of halogens is 1. The molecular formula is C23H24ClN3O. The van der Waals surface area contributed by atoms with E-state index in [4.69, 9.17) is 21.3 Å². The van der Waals surface area contributed by atoms with Crippen molar-refractivity contribution in [3.8, 4) is 5.75 Å². The number of imidazole rings is 1. The summed E-state index contributed by atoms with van der Waals surface area (Å²) in [5.74, 6) is 1.80. The highest BCUT2D eigenvalue weighted by Gasteiger charge is 2.13. The first-order valence-corrected chi connectivity index (χ1v) is 9.89. The lowest BCUT2D eigenvalue weighted by molar-refractivity contribution is 0.291. The lowest BCUT2D eigenvalue weighted by atomic mass is 10.1. The van der Waals surface area contributed by atoms with Crippen LogP contribution in [0.3, 0.4) is 0 Å². The molecule has 0 spiro atoms. The summed E-state index contributed by atoms with van der Waals surface area (Å²) in [4.78, 5) is 7.01. The van der Waals surface area contributed by atoms with Crippen LogP contribution in [0.15, 0.2) is 60.7 Å². The van der Waals surface area contributed by atoms with Crippen LogP contribution in [0.1, 0.15) is 12.2 Å². The van der Waals surface area contributed by atoms with Gasteiger partial charge in [0.15, 0.2) is 0 Å². The molecule has 0 saturated carbocycles. The number of hydrogen-bond acceptors (Lipinski definition) is 3. The third-order valence-electron chi connectivity index (χ3n) is 4.88. The summed E-state index contributed by atoms with van der Waals surface area (Å²) in [6.07, 6.45) is 1.03. The molecule has 0 radical (unpaired) electrons. The van der Waals surface area contributed by atoms with E-state index in [9.17, 15) is 0 Å². The Hall–Kier alpha value is -2.56. The molecule has 0 bridgehead atoms. The van der Waals surface area contributed by atoms with Crippen molar-refractivity contribution < 1.29 is 4.74 Å². The Kier molecular flexibility index (Phi) is 5.51. The molecule has 0 N–H and O–H groups in total. The van der Waals surface area contributed by atoms with Crippen LogP contribution in [0.4, 0.5) is 0 Å². The Balaban J connectivity index is 1.63. The van der Waals surface area contributed by atoms with Gasteiger partial charge in [-0.3, -0.25) is 0 Å². The fraction of sp³-hybridized carbons (Fsp3) is 0.261. The highest BCUT2D eigenvalue weighted by molar-refractivity contribution is 6.31. The highest BCUT2D eigenvalue weighted by atomic mass is 35.5. The molecule has 4 nitrogen and oxygen atoms in total. The fourth-order valence-corrected chi connectivity index (χ4v) is 3.68. The van der Waals surface area contributed by atoms with E-state index in [1.54, 1.807) is 0 Å². The average molecular weight is 394 g/mol. The quantitative estimate of drug-likeness (QED) is 0.422. The summed E-state index contributed by atoms with van der Waals surface area (Å²) in [5, 5.41) is 3.01. The van der Waals surface area contributed by atoms with Gasteiger partial charge in [-0.15, -0.1) is 0 Å². The van der Waals surface area contributed by atoms with E-state index in [-0.39, 0.29) is 0 Å². The molecule has 0 unspecified atom stereocenters. The Morgan fingerprint density at radius 1 is 1.04 bits per heavy atom.